The summed E-state index contributed by atoms with van der Waals surface area (Å²) < 4.78 is 31.3. The molecular formula is C29H31BrFN3O5. The van der Waals surface area contributed by atoms with Gasteiger partial charge in [-0.3, -0.25) is 4.79 Å². The molecule has 3 aromatic carbocycles. The lowest BCUT2D eigenvalue weighted by atomic mass is 10.0. The molecule has 10 heteroatoms. The van der Waals surface area contributed by atoms with Gasteiger partial charge < -0.3 is 29.3 Å². The van der Waals surface area contributed by atoms with E-state index in [-0.39, 0.29) is 30.3 Å². The number of para-hydroxylation sites is 1. The fourth-order valence-corrected chi connectivity index (χ4v) is 4.73. The van der Waals surface area contributed by atoms with E-state index in [1.807, 2.05) is 12.1 Å². The Labute approximate surface area is 235 Å². The number of likely N-dealkylation sites (tertiary alicyclic amines) is 1. The number of ether oxygens (including phenoxy) is 3. The highest BCUT2D eigenvalue weighted by Gasteiger charge is 2.27. The number of piperidine rings is 1. The van der Waals surface area contributed by atoms with Crippen molar-refractivity contribution in [1.29, 1.82) is 0 Å². The van der Waals surface area contributed by atoms with E-state index in [0.29, 0.717) is 53.2 Å². The molecule has 0 radical (unpaired) electrons. The zero-order valence-corrected chi connectivity index (χ0v) is 23.7. The van der Waals surface area contributed by atoms with Crippen molar-refractivity contribution in [3.63, 3.8) is 0 Å². The maximum Gasteiger partial charge on any atom is 0.317 e. The molecule has 4 rings (SSSR count). The Morgan fingerprint density at radius 1 is 1.00 bits per heavy atom. The van der Waals surface area contributed by atoms with Gasteiger partial charge >= 0.3 is 6.03 Å². The third kappa shape index (κ3) is 7.00. The van der Waals surface area contributed by atoms with E-state index in [4.69, 9.17) is 14.2 Å². The van der Waals surface area contributed by atoms with Crippen molar-refractivity contribution in [2.24, 2.45) is 0 Å². The topological polar surface area (TPSA) is 80.3 Å². The van der Waals surface area contributed by atoms with Crippen LogP contribution in [-0.4, -0.2) is 62.1 Å². The number of hydrogen-bond donors (Lipinski definition) is 1. The van der Waals surface area contributed by atoms with Crippen LogP contribution < -0.4 is 19.5 Å². The van der Waals surface area contributed by atoms with Crippen molar-refractivity contribution in [2.45, 2.75) is 25.4 Å². The highest BCUT2D eigenvalue weighted by atomic mass is 79.9. The molecule has 0 aromatic heterocycles. The second-order valence-corrected chi connectivity index (χ2v) is 10.1. The maximum atomic E-state index is 14.3. The molecule has 1 aliphatic rings. The van der Waals surface area contributed by atoms with Crippen LogP contribution in [0.5, 0.6) is 23.0 Å². The summed E-state index contributed by atoms with van der Waals surface area (Å²) in [6.07, 6.45) is 1.26. The van der Waals surface area contributed by atoms with Crippen molar-refractivity contribution in [1.82, 2.24) is 15.1 Å². The van der Waals surface area contributed by atoms with Crippen molar-refractivity contribution in [2.75, 3.05) is 34.4 Å². The zero-order chi connectivity index (χ0) is 27.9. The summed E-state index contributed by atoms with van der Waals surface area (Å²) in [7, 11) is 4.78. The average Bonchev–Trinajstić information content (AvgIpc) is 2.95. The van der Waals surface area contributed by atoms with Gasteiger partial charge in [-0.25, -0.2) is 9.18 Å². The standard InChI is InChI=1S/C29H31BrFN3O5/c1-33(18-19-6-4-5-7-25(19)39-26-11-8-20(30)16-24(26)31)29(36)32-21-12-14-34(15-13-21)28(35)23-10-9-22(37-2)17-27(23)38-3/h4-11,16-17,21H,12-15,18H2,1-3H3,(H,32,36). The van der Waals surface area contributed by atoms with Crippen LogP contribution in [0, 0.1) is 5.82 Å². The van der Waals surface area contributed by atoms with E-state index in [2.05, 4.69) is 21.2 Å². The lowest BCUT2D eigenvalue weighted by Gasteiger charge is -2.33. The third-order valence-corrected chi connectivity index (χ3v) is 7.08. The van der Waals surface area contributed by atoms with Crippen LogP contribution in [0.15, 0.2) is 65.1 Å². The molecule has 1 heterocycles. The number of carbonyl (C=O) groups excluding carboxylic acids is 2. The van der Waals surface area contributed by atoms with Gasteiger partial charge in [0.2, 0.25) is 0 Å². The number of rotatable bonds is 8. The normalized spacial score (nSPS) is 13.5. The molecule has 0 atom stereocenters. The van der Waals surface area contributed by atoms with Gasteiger partial charge in [-0.2, -0.15) is 0 Å². The van der Waals surface area contributed by atoms with Crippen LogP contribution in [0.25, 0.3) is 0 Å². The van der Waals surface area contributed by atoms with Gasteiger partial charge in [0.05, 0.1) is 26.3 Å². The lowest BCUT2D eigenvalue weighted by Crippen LogP contribution is -2.49. The number of methoxy groups -OCH3 is 2. The van der Waals surface area contributed by atoms with Gasteiger partial charge in [0.25, 0.3) is 5.91 Å². The van der Waals surface area contributed by atoms with E-state index in [0.717, 1.165) is 5.56 Å². The van der Waals surface area contributed by atoms with Gasteiger partial charge in [-0.05, 0) is 49.2 Å². The Morgan fingerprint density at radius 3 is 2.44 bits per heavy atom. The summed E-state index contributed by atoms with van der Waals surface area (Å²) in [6, 6.07) is 16.6. The zero-order valence-electron chi connectivity index (χ0n) is 22.1. The summed E-state index contributed by atoms with van der Waals surface area (Å²) >= 11 is 3.24. The van der Waals surface area contributed by atoms with Gasteiger partial charge in [-0.1, -0.05) is 34.1 Å². The number of nitrogens with one attached hydrogen (secondary N) is 1. The predicted molar refractivity (Wildman–Crippen MR) is 149 cm³/mol. The van der Waals surface area contributed by atoms with Crippen LogP contribution in [0.2, 0.25) is 0 Å². The first kappa shape index (κ1) is 28.2. The van der Waals surface area contributed by atoms with E-state index in [9.17, 15) is 14.0 Å². The molecule has 0 spiro atoms. The summed E-state index contributed by atoms with van der Waals surface area (Å²) in [5.74, 6) is 1.05. The van der Waals surface area contributed by atoms with Crippen LogP contribution in [-0.2, 0) is 6.54 Å². The highest BCUT2D eigenvalue weighted by molar-refractivity contribution is 9.10. The molecule has 0 unspecified atom stereocenters. The first-order valence-electron chi connectivity index (χ1n) is 12.5. The largest absolute Gasteiger partial charge is 0.497 e. The summed E-state index contributed by atoms with van der Waals surface area (Å²) in [4.78, 5) is 29.4. The van der Waals surface area contributed by atoms with E-state index in [1.165, 1.54) is 13.2 Å². The smallest absolute Gasteiger partial charge is 0.317 e. The Balaban J connectivity index is 1.32. The number of carbonyl (C=O) groups is 2. The molecule has 3 amide bonds. The van der Waals surface area contributed by atoms with Crippen LogP contribution >= 0.6 is 15.9 Å². The minimum Gasteiger partial charge on any atom is -0.497 e. The number of halogens is 2. The van der Waals surface area contributed by atoms with Crippen LogP contribution in [0.1, 0.15) is 28.8 Å². The molecule has 8 nitrogen and oxygen atoms in total. The van der Waals surface area contributed by atoms with Gasteiger partial charge in [-0.15, -0.1) is 0 Å². The number of benzene rings is 3. The minimum atomic E-state index is -0.486. The third-order valence-electron chi connectivity index (χ3n) is 6.59. The predicted octanol–water partition coefficient (Wildman–Crippen LogP) is 5.84. The van der Waals surface area contributed by atoms with Crippen molar-refractivity contribution < 1.29 is 28.2 Å². The van der Waals surface area contributed by atoms with E-state index >= 15 is 0 Å². The Bertz CT molecular complexity index is 1330. The quantitative estimate of drug-likeness (QED) is 0.351. The number of urea groups is 1. The molecule has 1 aliphatic heterocycles. The molecule has 1 saturated heterocycles. The molecule has 0 aliphatic carbocycles. The first-order valence-corrected chi connectivity index (χ1v) is 13.3. The number of hydrogen-bond acceptors (Lipinski definition) is 5. The van der Waals surface area contributed by atoms with Crippen molar-refractivity contribution in [3.05, 3.63) is 82.1 Å². The van der Waals surface area contributed by atoms with E-state index < -0.39 is 5.82 Å². The summed E-state index contributed by atoms with van der Waals surface area (Å²) in [6.45, 7) is 1.30. The van der Waals surface area contributed by atoms with Crippen LogP contribution in [0.3, 0.4) is 0 Å². The molecule has 3 aromatic rings. The highest BCUT2D eigenvalue weighted by Crippen LogP contribution is 2.30. The molecule has 0 saturated carbocycles. The minimum absolute atomic E-state index is 0.0647. The summed E-state index contributed by atoms with van der Waals surface area (Å²) in [5.41, 5.74) is 1.22. The summed E-state index contributed by atoms with van der Waals surface area (Å²) in [5, 5.41) is 3.06. The molecule has 206 valence electrons. The second kappa shape index (κ2) is 12.8. The lowest BCUT2D eigenvalue weighted by molar-refractivity contribution is 0.0703. The van der Waals surface area contributed by atoms with Crippen molar-refractivity contribution >= 4 is 27.9 Å². The van der Waals surface area contributed by atoms with E-state index in [1.54, 1.807) is 66.4 Å². The molecule has 39 heavy (non-hydrogen) atoms. The molecule has 1 fully saturated rings. The Morgan fingerprint density at radius 2 is 1.74 bits per heavy atom. The monoisotopic (exact) mass is 599 g/mol. The average molecular weight is 600 g/mol. The number of amides is 3. The Kier molecular flexibility index (Phi) is 9.29. The maximum absolute atomic E-state index is 14.3. The number of nitrogens with zero attached hydrogens (tertiary/aromatic N) is 2. The van der Waals surface area contributed by atoms with Gasteiger partial charge in [0.1, 0.15) is 17.2 Å². The second-order valence-electron chi connectivity index (χ2n) is 9.22. The van der Waals surface area contributed by atoms with Gasteiger partial charge in [0, 0.05) is 42.3 Å². The van der Waals surface area contributed by atoms with Crippen LogP contribution in [0.4, 0.5) is 9.18 Å². The fourth-order valence-electron chi connectivity index (χ4n) is 4.40. The fraction of sp³-hybridized carbons (Fsp3) is 0.310. The molecular weight excluding hydrogens is 569 g/mol. The SMILES string of the molecule is COc1ccc(C(=O)N2CCC(NC(=O)N(C)Cc3ccccc3Oc3ccc(Br)cc3F)CC2)c(OC)c1. The van der Waals surface area contributed by atoms with Gasteiger partial charge in [0.15, 0.2) is 11.6 Å². The van der Waals surface area contributed by atoms with Crippen molar-refractivity contribution in [3.8, 4) is 23.0 Å². The first-order chi connectivity index (χ1) is 18.8. The Hall–Kier alpha value is -3.79. The molecule has 1 N–H and O–H groups in total. The molecule has 0 bridgehead atoms.